The largest absolute Gasteiger partial charge is 0.804 e. The van der Waals surface area contributed by atoms with Crippen molar-refractivity contribution in [1.29, 1.82) is 0 Å². The van der Waals surface area contributed by atoms with E-state index >= 15 is 0 Å². The van der Waals surface area contributed by atoms with Crippen molar-refractivity contribution in [1.82, 2.24) is 4.73 Å². The molecule has 0 saturated carbocycles. The predicted molar refractivity (Wildman–Crippen MR) is 57.2 cm³/mol. The monoisotopic (exact) mass is 240 g/mol. The molecule has 0 N–H and O–H groups in total. The van der Waals surface area contributed by atoms with Gasteiger partial charge in [0.1, 0.15) is 5.52 Å². The Balaban J connectivity index is 3.03. The van der Waals surface area contributed by atoms with Gasteiger partial charge in [-0.15, -0.1) is 0 Å². The standard InChI is InChI=1S/C9H8N2O4S/c1-16(14,15)9-6-10(12)7-4-2-3-5-8(7)11(9)13/h2-6H,1H3. The average molecular weight is 240 g/mol. The Hall–Kier alpha value is -1.89. The van der Waals surface area contributed by atoms with Crippen molar-refractivity contribution in [2.45, 2.75) is 5.03 Å². The maximum atomic E-state index is 11.7. The van der Waals surface area contributed by atoms with Crippen LogP contribution in [0.1, 0.15) is 0 Å². The van der Waals surface area contributed by atoms with E-state index < -0.39 is 14.9 Å². The third kappa shape index (κ3) is 1.54. The van der Waals surface area contributed by atoms with Crippen molar-refractivity contribution in [3.05, 3.63) is 40.6 Å². The van der Waals surface area contributed by atoms with Gasteiger partial charge in [-0.3, -0.25) is 0 Å². The van der Waals surface area contributed by atoms with Crippen molar-refractivity contribution in [3.63, 3.8) is 0 Å². The van der Waals surface area contributed by atoms with E-state index in [2.05, 4.69) is 0 Å². The predicted octanol–water partition coefficient (Wildman–Crippen LogP) is 0.305. The molecule has 1 aromatic carbocycles. The van der Waals surface area contributed by atoms with E-state index in [1.54, 1.807) is 12.1 Å². The fraction of sp³-hybridized carbons (Fsp3) is 0.111. The summed E-state index contributed by atoms with van der Waals surface area (Å²) in [7, 11) is -3.72. The lowest BCUT2D eigenvalue weighted by atomic mass is 10.3. The van der Waals surface area contributed by atoms with E-state index in [4.69, 9.17) is 0 Å². The van der Waals surface area contributed by atoms with Gasteiger partial charge in [0.05, 0.1) is 4.43 Å². The van der Waals surface area contributed by atoms with Crippen LogP contribution in [0.15, 0.2) is 35.5 Å². The number of hydrogen-bond acceptors (Lipinski definition) is 4. The summed E-state index contributed by atoms with van der Waals surface area (Å²) in [5.41, 5.74) is 0.158. The van der Waals surface area contributed by atoms with Gasteiger partial charge in [0.2, 0.25) is 0 Å². The molecule has 7 heteroatoms. The minimum Gasteiger partial charge on any atom is -0.804 e. The second kappa shape index (κ2) is 3.31. The van der Waals surface area contributed by atoms with E-state index in [0.717, 1.165) is 12.5 Å². The summed E-state index contributed by atoms with van der Waals surface area (Å²) in [5.74, 6) is 0. The summed E-state index contributed by atoms with van der Waals surface area (Å²) in [4.78, 5) is 11.5. The third-order valence-corrected chi connectivity index (χ3v) is 3.18. The van der Waals surface area contributed by atoms with Gasteiger partial charge < -0.3 is 9.94 Å². The van der Waals surface area contributed by atoms with Crippen molar-refractivity contribution < 1.29 is 12.8 Å². The van der Waals surface area contributed by atoms with Crippen LogP contribution in [0.4, 0.5) is 0 Å². The maximum absolute atomic E-state index is 11.7. The van der Waals surface area contributed by atoms with Gasteiger partial charge in [-0.05, 0) is 6.07 Å². The zero-order valence-corrected chi connectivity index (χ0v) is 9.14. The Morgan fingerprint density at radius 1 is 1.31 bits per heavy atom. The summed E-state index contributed by atoms with van der Waals surface area (Å²) in [6.45, 7) is 0. The second-order valence-corrected chi connectivity index (χ2v) is 5.31. The van der Waals surface area contributed by atoms with Gasteiger partial charge in [-0.1, -0.05) is 12.1 Å². The summed E-state index contributed by atoms with van der Waals surface area (Å²) in [6.07, 6.45) is 1.65. The van der Waals surface area contributed by atoms with E-state index in [1.807, 2.05) is 0 Å². The van der Waals surface area contributed by atoms with E-state index in [0.29, 0.717) is 4.43 Å². The Bertz CT molecular complexity index is 718. The van der Waals surface area contributed by atoms with Crippen LogP contribution in [0.5, 0.6) is 0 Å². The van der Waals surface area contributed by atoms with Gasteiger partial charge in [0, 0.05) is 17.2 Å². The molecule has 2 aromatic rings. The van der Waals surface area contributed by atoms with Crippen LogP contribution >= 0.6 is 0 Å². The number of sulfone groups is 1. The van der Waals surface area contributed by atoms with Crippen molar-refractivity contribution in [2.75, 3.05) is 6.26 Å². The smallest absolute Gasteiger partial charge is 0.286 e. The molecule has 0 amide bonds. The highest BCUT2D eigenvalue weighted by atomic mass is 32.2. The van der Waals surface area contributed by atoms with Gasteiger partial charge in [-0.25, -0.2) is 8.42 Å². The average Bonchev–Trinajstić information content (AvgIpc) is 2.22. The summed E-state index contributed by atoms with van der Waals surface area (Å²) in [6, 6.07) is 5.99. The minimum atomic E-state index is -3.72. The molecule has 6 nitrogen and oxygen atoms in total. The van der Waals surface area contributed by atoms with Gasteiger partial charge >= 0.3 is 0 Å². The topological polar surface area (TPSA) is 85.1 Å². The first-order chi connectivity index (χ1) is 7.41. The highest BCUT2D eigenvalue weighted by Crippen LogP contribution is 2.13. The van der Waals surface area contributed by atoms with Crippen LogP contribution < -0.4 is 4.43 Å². The molecule has 2 rings (SSSR count). The first kappa shape index (κ1) is 10.6. The van der Waals surface area contributed by atoms with Gasteiger partial charge in [0.15, 0.2) is 14.9 Å². The number of fused-ring (bicyclic) bond motifs is 1. The zero-order valence-electron chi connectivity index (χ0n) is 8.32. The molecule has 0 unspecified atom stereocenters. The summed E-state index contributed by atoms with van der Waals surface area (Å²) >= 11 is 0. The molecule has 1 aromatic heterocycles. The Kier molecular flexibility index (Phi) is 2.20. The number of aromatic nitrogens is 2. The maximum Gasteiger partial charge on any atom is 0.286 e. The summed E-state index contributed by atoms with van der Waals surface area (Å²) in [5, 5.41) is 11.2. The molecular formula is C9H8N2O4S. The molecule has 0 aliphatic heterocycles. The third-order valence-electron chi connectivity index (χ3n) is 2.15. The Morgan fingerprint density at radius 2 is 1.94 bits per heavy atom. The molecule has 16 heavy (non-hydrogen) atoms. The molecule has 0 fully saturated rings. The first-order valence-corrected chi connectivity index (χ1v) is 6.25. The molecule has 84 valence electrons. The molecule has 0 saturated heterocycles. The number of hydrogen-bond donors (Lipinski definition) is 0. The fourth-order valence-corrected chi connectivity index (χ4v) is 2.10. The second-order valence-electron chi connectivity index (χ2n) is 3.35. The Labute approximate surface area is 90.9 Å². The minimum absolute atomic E-state index is 0.0282. The highest BCUT2D eigenvalue weighted by Gasteiger charge is 2.18. The normalized spacial score (nSPS) is 11.8. The van der Waals surface area contributed by atoms with E-state index in [9.17, 15) is 18.5 Å². The Morgan fingerprint density at radius 3 is 2.56 bits per heavy atom. The van der Waals surface area contributed by atoms with Crippen LogP contribution in [0.25, 0.3) is 11.0 Å². The molecular weight excluding hydrogens is 232 g/mol. The number of para-hydroxylation sites is 2. The van der Waals surface area contributed by atoms with Crippen LogP contribution in [-0.4, -0.2) is 19.4 Å². The molecule has 0 aliphatic carbocycles. The quantitative estimate of drug-likeness (QED) is 0.671. The van der Waals surface area contributed by atoms with Crippen LogP contribution in [0.3, 0.4) is 0 Å². The molecule has 0 radical (unpaired) electrons. The lowest BCUT2D eigenvalue weighted by molar-refractivity contribution is -0.467. The van der Waals surface area contributed by atoms with Gasteiger partial charge in [0.25, 0.3) is 11.7 Å². The van der Waals surface area contributed by atoms with Crippen molar-refractivity contribution in [2.24, 2.45) is 0 Å². The molecule has 1 heterocycles. The SMILES string of the molecule is CS(=O)(=O)c1c[n+](=O)c2ccccc2n1[O-]. The fourth-order valence-electron chi connectivity index (χ4n) is 1.41. The van der Waals surface area contributed by atoms with Crippen LogP contribution in [0.2, 0.25) is 0 Å². The number of benzene rings is 1. The van der Waals surface area contributed by atoms with Gasteiger partial charge in [-0.2, -0.15) is 0 Å². The molecule has 0 bridgehead atoms. The van der Waals surface area contributed by atoms with Crippen molar-refractivity contribution >= 4 is 20.9 Å². The number of rotatable bonds is 1. The first-order valence-electron chi connectivity index (χ1n) is 4.36. The summed E-state index contributed by atoms with van der Waals surface area (Å²) < 4.78 is 23.2. The zero-order chi connectivity index (χ0) is 11.9. The highest BCUT2D eigenvalue weighted by molar-refractivity contribution is 7.90. The van der Waals surface area contributed by atoms with Crippen LogP contribution in [-0.2, 0) is 9.84 Å². The van der Waals surface area contributed by atoms with E-state index in [1.165, 1.54) is 12.1 Å². The molecule has 0 atom stereocenters. The number of nitrogens with zero attached hydrogens (tertiary/aromatic N) is 2. The lowest BCUT2D eigenvalue weighted by Gasteiger charge is -2.14. The van der Waals surface area contributed by atoms with Crippen molar-refractivity contribution in [3.8, 4) is 0 Å². The molecule has 0 spiro atoms. The lowest BCUT2D eigenvalue weighted by Crippen LogP contribution is -2.21. The van der Waals surface area contributed by atoms with E-state index in [-0.39, 0.29) is 15.8 Å². The molecule has 0 aliphatic rings. The van der Waals surface area contributed by atoms with Crippen LogP contribution in [0, 0.1) is 10.1 Å².